The van der Waals surface area contributed by atoms with Gasteiger partial charge in [-0.15, -0.1) is 0 Å². The molecule has 1 heterocycles. The van der Waals surface area contributed by atoms with Gasteiger partial charge in [-0.05, 0) is 51.7 Å². The number of fused-ring (bicyclic) bond motifs is 1. The average molecular weight is 462 g/mol. The van der Waals surface area contributed by atoms with Crippen LogP contribution in [0.2, 0.25) is 0 Å². The van der Waals surface area contributed by atoms with Crippen LogP contribution in [0.1, 0.15) is 32.6 Å². The maximum absolute atomic E-state index is 14.6. The predicted octanol–water partition coefficient (Wildman–Crippen LogP) is 5.84. The third-order valence-electron chi connectivity index (χ3n) is 5.34. The number of halogens is 3. The smallest absolute Gasteiger partial charge is 0.195 e. The topological polar surface area (TPSA) is 57.5 Å². The molecule has 0 atom stereocenters. The van der Waals surface area contributed by atoms with Crippen LogP contribution in [0.5, 0.6) is 0 Å². The van der Waals surface area contributed by atoms with Gasteiger partial charge in [-0.25, -0.2) is 13.2 Å². The van der Waals surface area contributed by atoms with Gasteiger partial charge < -0.3 is 20.0 Å². The Labute approximate surface area is 191 Å². The van der Waals surface area contributed by atoms with E-state index in [-0.39, 0.29) is 28.0 Å². The lowest BCUT2D eigenvalue weighted by Crippen LogP contribution is -2.16. The van der Waals surface area contributed by atoms with Crippen LogP contribution < -0.4 is 16.1 Å². The van der Waals surface area contributed by atoms with Gasteiger partial charge in [0.05, 0.1) is 16.8 Å². The van der Waals surface area contributed by atoms with Gasteiger partial charge in [-0.3, -0.25) is 4.79 Å². The first-order chi connectivity index (χ1) is 15.8. The molecule has 0 fully saturated rings. The first-order valence-corrected chi connectivity index (χ1v) is 11.2. The highest BCUT2D eigenvalue weighted by Gasteiger charge is 2.19. The van der Waals surface area contributed by atoms with Crippen molar-refractivity contribution >= 4 is 22.3 Å². The van der Waals surface area contributed by atoms with Gasteiger partial charge in [0.15, 0.2) is 16.8 Å². The second kappa shape index (κ2) is 11.2. The Balaban J connectivity index is 1.90. The number of unbranched alkanes of at least 4 members (excludes halogenated alkanes) is 2. The number of nitrogens with zero attached hydrogens (tertiary/aromatic N) is 1. The highest BCUT2D eigenvalue weighted by atomic mass is 19.1. The molecular formula is C25H30F3N3O2. The predicted molar refractivity (Wildman–Crippen MR) is 127 cm³/mol. The number of anilines is 2. The minimum Gasteiger partial charge on any atom is -0.453 e. The molecule has 3 rings (SSSR count). The molecule has 3 aromatic rings. The fourth-order valence-electron chi connectivity index (χ4n) is 3.60. The van der Waals surface area contributed by atoms with Crippen molar-refractivity contribution < 1.29 is 17.6 Å². The minimum absolute atomic E-state index is 0.00741. The van der Waals surface area contributed by atoms with Gasteiger partial charge >= 0.3 is 0 Å². The Bertz CT molecular complexity index is 1160. The summed E-state index contributed by atoms with van der Waals surface area (Å²) in [6.07, 6.45) is 3.56. The van der Waals surface area contributed by atoms with Gasteiger partial charge in [0.2, 0.25) is 0 Å². The van der Waals surface area contributed by atoms with Crippen molar-refractivity contribution in [2.24, 2.45) is 0 Å². The molecule has 0 aliphatic heterocycles. The summed E-state index contributed by atoms with van der Waals surface area (Å²) in [5.74, 6) is -2.35. The molecule has 0 spiro atoms. The van der Waals surface area contributed by atoms with E-state index in [2.05, 4.69) is 10.6 Å². The molecule has 0 radical (unpaired) electrons. The van der Waals surface area contributed by atoms with E-state index < -0.39 is 22.9 Å². The van der Waals surface area contributed by atoms with E-state index in [9.17, 15) is 18.0 Å². The first kappa shape index (κ1) is 24.6. The molecule has 8 heteroatoms. The molecule has 0 amide bonds. The fraction of sp³-hybridized carbons (Fsp3) is 0.400. The fourth-order valence-corrected chi connectivity index (χ4v) is 3.60. The van der Waals surface area contributed by atoms with Crippen LogP contribution >= 0.6 is 0 Å². The van der Waals surface area contributed by atoms with Crippen LogP contribution in [0.15, 0.2) is 39.5 Å². The summed E-state index contributed by atoms with van der Waals surface area (Å²) < 4.78 is 49.2. The number of hydrogen-bond donors (Lipinski definition) is 2. The molecule has 0 unspecified atom stereocenters. The van der Waals surface area contributed by atoms with Crippen molar-refractivity contribution in [2.45, 2.75) is 32.6 Å². The van der Waals surface area contributed by atoms with E-state index >= 15 is 0 Å². The van der Waals surface area contributed by atoms with E-state index in [4.69, 9.17) is 4.42 Å². The maximum Gasteiger partial charge on any atom is 0.195 e. The average Bonchev–Trinajstić information content (AvgIpc) is 2.76. The maximum atomic E-state index is 14.6. The summed E-state index contributed by atoms with van der Waals surface area (Å²) in [5, 5.41) is 5.74. The van der Waals surface area contributed by atoms with Crippen LogP contribution in [0.4, 0.5) is 24.5 Å². The van der Waals surface area contributed by atoms with E-state index in [0.29, 0.717) is 24.8 Å². The SMILES string of the molecule is CCCCCNc1c(F)cc(F)c2oc(-c3ccc(NCCCN(C)C)c(F)c3)cc(=O)c12. The summed E-state index contributed by atoms with van der Waals surface area (Å²) >= 11 is 0. The van der Waals surface area contributed by atoms with E-state index in [1.54, 1.807) is 12.1 Å². The summed E-state index contributed by atoms with van der Waals surface area (Å²) in [6, 6.07) is 6.19. The van der Waals surface area contributed by atoms with Crippen LogP contribution in [0, 0.1) is 17.5 Å². The van der Waals surface area contributed by atoms with Crippen molar-refractivity contribution in [3.63, 3.8) is 0 Å². The number of benzene rings is 2. The van der Waals surface area contributed by atoms with Crippen molar-refractivity contribution in [2.75, 3.05) is 44.4 Å². The highest BCUT2D eigenvalue weighted by Crippen LogP contribution is 2.31. The van der Waals surface area contributed by atoms with Crippen LogP contribution in [-0.4, -0.2) is 38.6 Å². The summed E-state index contributed by atoms with van der Waals surface area (Å²) in [6.45, 7) is 3.96. The molecule has 0 bridgehead atoms. The molecule has 0 saturated heterocycles. The van der Waals surface area contributed by atoms with Gasteiger partial charge in [0.1, 0.15) is 17.4 Å². The molecule has 0 aliphatic rings. The Hall–Kier alpha value is -3.00. The highest BCUT2D eigenvalue weighted by molar-refractivity contribution is 5.91. The molecular weight excluding hydrogens is 431 g/mol. The summed E-state index contributed by atoms with van der Waals surface area (Å²) in [7, 11) is 3.94. The van der Waals surface area contributed by atoms with E-state index in [1.807, 2.05) is 25.9 Å². The molecule has 0 aliphatic carbocycles. The van der Waals surface area contributed by atoms with Gasteiger partial charge in [-0.2, -0.15) is 0 Å². The van der Waals surface area contributed by atoms with Crippen molar-refractivity contribution in [3.05, 3.63) is 58.0 Å². The van der Waals surface area contributed by atoms with Gasteiger partial charge in [-0.1, -0.05) is 19.8 Å². The van der Waals surface area contributed by atoms with Gasteiger partial charge in [0, 0.05) is 30.8 Å². The number of hydrogen-bond acceptors (Lipinski definition) is 5. The molecule has 2 N–H and O–H groups in total. The Morgan fingerprint density at radius 3 is 2.36 bits per heavy atom. The third-order valence-corrected chi connectivity index (χ3v) is 5.34. The van der Waals surface area contributed by atoms with Crippen LogP contribution in [0.3, 0.4) is 0 Å². The normalized spacial score (nSPS) is 11.4. The largest absolute Gasteiger partial charge is 0.453 e. The standard InChI is InChI=1S/C25H30F3N3O2/c1-4-5-6-10-30-24-18(27)14-19(28)25-23(24)21(32)15-22(33-25)16-8-9-20(17(26)13-16)29-11-7-12-31(2)3/h8-9,13-15,29-30H,4-7,10-12H2,1-3H3. The van der Waals surface area contributed by atoms with E-state index in [1.165, 1.54) is 6.07 Å². The third kappa shape index (κ3) is 6.07. The molecule has 2 aromatic carbocycles. The van der Waals surface area contributed by atoms with Crippen molar-refractivity contribution in [3.8, 4) is 11.3 Å². The van der Waals surface area contributed by atoms with Crippen LogP contribution in [-0.2, 0) is 0 Å². The summed E-state index contributed by atoms with van der Waals surface area (Å²) in [5.41, 5.74) is -0.428. The van der Waals surface area contributed by atoms with Crippen molar-refractivity contribution in [1.82, 2.24) is 4.90 Å². The Morgan fingerprint density at radius 1 is 0.909 bits per heavy atom. The lowest BCUT2D eigenvalue weighted by molar-refractivity contribution is 0.405. The zero-order valence-corrected chi connectivity index (χ0v) is 19.2. The van der Waals surface area contributed by atoms with E-state index in [0.717, 1.165) is 38.3 Å². The molecule has 33 heavy (non-hydrogen) atoms. The molecule has 5 nitrogen and oxygen atoms in total. The second-order valence-corrected chi connectivity index (χ2v) is 8.31. The minimum atomic E-state index is -0.986. The second-order valence-electron chi connectivity index (χ2n) is 8.31. The lowest BCUT2D eigenvalue weighted by atomic mass is 10.1. The van der Waals surface area contributed by atoms with Crippen molar-refractivity contribution in [1.29, 1.82) is 0 Å². The lowest BCUT2D eigenvalue weighted by Gasteiger charge is -2.13. The molecule has 178 valence electrons. The van der Waals surface area contributed by atoms with Gasteiger partial charge in [0.25, 0.3) is 0 Å². The molecule has 1 aromatic heterocycles. The quantitative estimate of drug-likeness (QED) is 0.351. The number of rotatable bonds is 11. The molecule has 0 saturated carbocycles. The first-order valence-electron chi connectivity index (χ1n) is 11.2. The van der Waals surface area contributed by atoms with Crippen LogP contribution in [0.25, 0.3) is 22.3 Å². The zero-order valence-electron chi connectivity index (χ0n) is 19.2. The summed E-state index contributed by atoms with van der Waals surface area (Å²) in [4.78, 5) is 14.9. The Morgan fingerprint density at radius 2 is 1.67 bits per heavy atom. The Kier molecular flexibility index (Phi) is 8.38. The number of nitrogens with one attached hydrogen (secondary N) is 2. The zero-order chi connectivity index (χ0) is 24.0. The monoisotopic (exact) mass is 461 g/mol.